The van der Waals surface area contributed by atoms with Crippen LogP contribution in [0.5, 0.6) is 5.75 Å². The van der Waals surface area contributed by atoms with E-state index in [2.05, 4.69) is 5.32 Å². The SMILES string of the molecule is CCCNC(=O)[C@H]1CN(C(=O)Cn2c(=O)oc3ccccc32)c2ccccc2O1. The molecule has 1 N–H and O–H groups in total. The maximum Gasteiger partial charge on any atom is 0.420 e. The predicted molar refractivity (Wildman–Crippen MR) is 107 cm³/mol. The van der Waals surface area contributed by atoms with Crippen LogP contribution in [0.2, 0.25) is 0 Å². The van der Waals surface area contributed by atoms with E-state index in [-0.39, 0.29) is 24.9 Å². The Balaban J connectivity index is 1.63. The third-order valence-electron chi connectivity index (χ3n) is 4.78. The average Bonchev–Trinajstić information content (AvgIpc) is 3.06. The van der Waals surface area contributed by atoms with Crippen molar-refractivity contribution in [2.45, 2.75) is 26.0 Å². The van der Waals surface area contributed by atoms with Crippen LogP contribution in [0, 0.1) is 0 Å². The number of aromatic nitrogens is 1. The first-order valence-electron chi connectivity index (χ1n) is 9.50. The summed E-state index contributed by atoms with van der Waals surface area (Å²) < 4.78 is 12.3. The molecule has 2 aromatic carbocycles. The van der Waals surface area contributed by atoms with Gasteiger partial charge in [0.2, 0.25) is 5.91 Å². The van der Waals surface area contributed by atoms with Gasteiger partial charge in [-0.05, 0) is 30.7 Å². The van der Waals surface area contributed by atoms with Crippen molar-refractivity contribution >= 4 is 28.6 Å². The van der Waals surface area contributed by atoms with E-state index >= 15 is 0 Å². The molecule has 8 heteroatoms. The molecule has 0 fully saturated rings. The van der Waals surface area contributed by atoms with E-state index < -0.39 is 11.9 Å². The van der Waals surface area contributed by atoms with Gasteiger partial charge < -0.3 is 19.4 Å². The lowest BCUT2D eigenvalue weighted by molar-refractivity contribution is -0.128. The highest BCUT2D eigenvalue weighted by atomic mass is 16.5. The van der Waals surface area contributed by atoms with Crippen molar-refractivity contribution in [2.24, 2.45) is 0 Å². The van der Waals surface area contributed by atoms with E-state index in [1.807, 2.05) is 6.92 Å². The summed E-state index contributed by atoms with van der Waals surface area (Å²) in [5.74, 6) is -0.751. The molecule has 4 rings (SSSR count). The fourth-order valence-electron chi connectivity index (χ4n) is 3.35. The first-order chi connectivity index (χ1) is 14.1. The molecule has 3 aromatic rings. The van der Waals surface area contributed by atoms with Crippen LogP contribution in [0.4, 0.5) is 5.69 Å². The Morgan fingerprint density at radius 1 is 1.14 bits per heavy atom. The summed E-state index contributed by atoms with van der Waals surface area (Å²) in [5, 5.41) is 2.80. The van der Waals surface area contributed by atoms with Gasteiger partial charge in [0.1, 0.15) is 12.3 Å². The zero-order valence-corrected chi connectivity index (χ0v) is 16.0. The number of anilines is 1. The molecular formula is C21H21N3O5. The molecule has 150 valence electrons. The van der Waals surface area contributed by atoms with Crippen LogP contribution in [-0.2, 0) is 16.1 Å². The molecule has 1 atom stereocenters. The summed E-state index contributed by atoms with van der Waals surface area (Å²) in [6.07, 6.45) is -0.0213. The molecular weight excluding hydrogens is 374 g/mol. The van der Waals surface area contributed by atoms with E-state index in [0.29, 0.717) is 29.1 Å². The first kappa shape index (κ1) is 18.8. The smallest absolute Gasteiger partial charge is 0.420 e. The number of benzene rings is 2. The number of nitrogens with one attached hydrogen (secondary N) is 1. The van der Waals surface area contributed by atoms with Crippen molar-refractivity contribution in [3.63, 3.8) is 0 Å². The van der Waals surface area contributed by atoms with Crippen molar-refractivity contribution in [3.05, 3.63) is 59.1 Å². The fraction of sp³-hybridized carbons (Fsp3) is 0.286. The monoisotopic (exact) mass is 395 g/mol. The third kappa shape index (κ3) is 3.61. The standard InChI is InChI=1S/C21H21N3O5/c1-2-11-22-20(26)18-12-23(14-7-3-5-9-16(14)28-18)19(25)13-24-15-8-4-6-10-17(15)29-21(24)27/h3-10,18H,2,11-13H2,1H3,(H,22,26)/t18-/m1/s1. The molecule has 29 heavy (non-hydrogen) atoms. The molecule has 0 saturated carbocycles. The highest BCUT2D eigenvalue weighted by molar-refractivity contribution is 5.97. The predicted octanol–water partition coefficient (Wildman–Crippen LogP) is 1.91. The average molecular weight is 395 g/mol. The number of amides is 2. The zero-order chi connectivity index (χ0) is 20.4. The normalized spacial score (nSPS) is 15.6. The topological polar surface area (TPSA) is 93.8 Å². The fourth-order valence-corrected chi connectivity index (χ4v) is 3.35. The lowest BCUT2D eigenvalue weighted by atomic mass is 10.1. The van der Waals surface area contributed by atoms with Gasteiger partial charge in [0.05, 0.1) is 17.7 Å². The molecule has 1 aromatic heterocycles. The molecule has 0 radical (unpaired) electrons. The van der Waals surface area contributed by atoms with Crippen LogP contribution in [-0.4, -0.2) is 35.6 Å². The Labute approximate surface area is 166 Å². The minimum Gasteiger partial charge on any atom is -0.477 e. The Hall–Kier alpha value is -3.55. The number of carbonyl (C=O) groups is 2. The minimum absolute atomic E-state index is 0.0654. The molecule has 2 amide bonds. The highest BCUT2D eigenvalue weighted by Gasteiger charge is 2.34. The van der Waals surface area contributed by atoms with Crippen LogP contribution in [0.3, 0.4) is 0 Å². The molecule has 1 aliphatic heterocycles. The summed E-state index contributed by atoms with van der Waals surface area (Å²) in [6, 6.07) is 14.0. The first-order valence-corrected chi connectivity index (χ1v) is 9.50. The maximum absolute atomic E-state index is 13.1. The highest BCUT2D eigenvalue weighted by Crippen LogP contribution is 2.33. The lowest BCUT2D eigenvalue weighted by Crippen LogP contribution is -2.51. The van der Waals surface area contributed by atoms with Gasteiger partial charge in [0.25, 0.3) is 5.91 Å². The van der Waals surface area contributed by atoms with Gasteiger partial charge in [0, 0.05) is 6.54 Å². The van der Waals surface area contributed by atoms with Gasteiger partial charge in [-0.1, -0.05) is 31.2 Å². The Kier molecular flexibility index (Phi) is 5.07. The van der Waals surface area contributed by atoms with Crippen molar-refractivity contribution in [3.8, 4) is 5.75 Å². The van der Waals surface area contributed by atoms with E-state index in [9.17, 15) is 14.4 Å². The van der Waals surface area contributed by atoms with E-state index in [0.717, 1.165) is 6.42 Å². The Bertz CT molecular complexity index is 1120. The maximum atomic E-state index is 13.1. The Morgan fingerprint density at radius 2 is 1.90 bits per heavy atom. The van der Waals surface area contributed by atoms with Crippen LogP contribution < -0.4 is 20.7 Å². The molecule has 0 bridgehead atoms. The number of fused-ring (bicyclic) bond motifs is 2. The van der Waals surface area contributed by atoms with E-state index in [4.69, 9.17) is 9.15 Å². The largest absolute Gasteiger partial charge is 0.477 e. The summed E-state index contributed by atoms with van der Waals surface area (Å²) in [6.45, 7) is 2.36. The molecule has 0 unspecified atom stereocenters. The minimum atomic E-state index is -0.821. The van der Waals surface area contributed by atoms with Crippen LogP contribution in [0.25, 0.3) is 11.1 Å². The third-order valence-corrected chi connectivity index (χ3v) is 4.78. The second-order valence-corrected chi connectivity index (χ2v) is 6.79. The van der Waals surface area contributed by atoms with Crippen molar-refractivity contribution in [2.75, 3.05) is 18.0 Å². The molecule has 0 spiro atoms. The molecule has 2 heterocycles. The van der Waals surface area contributed by atoms with Crippen molar-refractivity contribution in [1.29, 1.82) is 0 Å². The Morgan fingerprint density at radius 3 is 2.72 bits per heavy atom. The second kappa shape index (κ2) is 7.83. The lowest BCUT2D eigenvalue weighted by Gasteiger charge is -2.34. The molecule has 0 saturated heterocycles. The molecule has 0 aliphatic carbocycles. The number of ether oxygens (including phenoxy) is 1. The van der Waals surface area contributed by atoms with Crippen LogP contribution >= 0.6 is 0 Å². The second-order valence-electron chi connectivity index (χ2n) is 6.79. The number of hydrogen-bond acceptors (Lipinski definition) is 5. The van der Waals surface area contributed by atoms with Crippen molar-refractivity contribution in [1.82, 2.24) is 9.88 Å². The molecule has 1 aliphatic rings. The number of rotatable bonds is 5. The number of hydrogen-bond donors (Lipinski definition) is 1. The van der Waals surface area contributed by atoms with E-state index in [1.165, 1.54) is 9.47 Å². The van der Waals surface area contributed by atoms with Gasteiger partial charge in [0.15, 0.2) is 11.7 Å². The van der Waals surface area contributed by atoms with Gasteiger partial charge in [-0.3, -0.25) is 14.2 Å². The summed E-state index contributed by atoms with van der Waals surface area (Å²) in [4.78, 5) is 39.3. The van der Waals surface area contributed by atoms with Gasteiger partial charge in [-0.25, -0.2) is 4.79 Å². The number of para-hydroxylation sites is 4. The zero-order valence-electron chi connectivity index (χ0n) is 16.0. The number of oxazole rings is 1. The summed E-state index contributed by atoms with van der Waals surface area (Å²) in [7, 11) is 0. The quantitative estimate of drug-likeness (QED) is 0.712. The van der Waals surface area contributed by atoms with Gasteiger partial charge in [-0.2, -0.15) is 0 Å². The van der Waals surface area contributed by atoms with Crippen molar-refractivity contribution < 1.29 is 18.7 Å². The van der Waals surface area contributed by atoms with Gasteiger partial charge >= 0.3 is 5.76 Å². The van der Waals surface area contributed by atoms with Gasteiger partial charge in [-0.15, -0.1) is 0 Å². The molecule has 8 nitrogen and oxygen atoms in total. The number of nitrogens with zero attached hydrogens (tertiary/aromatic N) is 2. The number of carbonyl (C=O) groups excluding carboxylic acids is 2. The summed E-state index contributed by atoms with van der Waals surface area (Å²) >= 11 is 0. The summed E-state index contributed by atoms with van der Waals surface area (Å²) in [5.41, 5.74) is 1.53. The van der Waals surface area contributed by atoms with E-state index in [1.54, 1.807) is 48.5 Å². The van der Waals surface area contributed by atoms with Crippen LogP contribution in [0.1, 0.15) is 13.3 Å². The van der Waals surface area contributed by atoms with Crippen LogP contribution in [0.15, 0.2) is 57.7 Å².